The van der Waals surface area contributed by atoms with E-state index in [9.17, 15) is 18.0 Å². The molecule has 1 aliphatic rings. The Balaban J connectivity index is 2.25. The van der Waals surface area contributed by atoms with Gasteiger partial charge >= 0.3 is 6.18 Å². The average molecular weight is 270 g/mol. The highest BCUT2D eigenvalue weighted by atomic mass is 19.4. The fraction of sp³-hybridized carbons (Fsp3) is 0.308. The molecule has 1 amide bonds. The van der Waals surface area contributed by atoms with Crippen molar-refractivity contribution in [3.63, 3.8) is 0 Å². The second kappa shape index (κ2) is 4.95. The van der Waals surface area contributed by atoms with Crippen molar-refractivity contribution in [1.82, 2.24) is 5.32 Å². The lowest BCUT2D eigenvalue weighted by molar-refractivity contribution is -0.137. The van der Waals surface area contributed by atoms with Crippen LogP contribution in [0.4, 0.5) is 18.9 Å². The fourth-order valence-corrected chi connectivity index (χ4v) is 1.86. The molecule has 2 N–H and O–H groups in total. The number of amides is 1. The van der Waals surface area contributed by atoms with E-state index in [0.29, 0.717) is 29.9 Å². The molecule has 0 fully saturated rings. The molecule has 0 saturated carbocycles. The lowest BCUT2D eigenvalue weighted by atomic mass is 10.1. The summed E-state index contributed by atoms with van der Waals surface area (Å²) in [5.74, 6) is -0.194. The van der Waals surface area contributed by atoms with Crippen LogP contribution in [0.2, 0.25) is 0 Å². The highest BCUT2D eigenvalue weighted by Crippen LogP contribution is 2.31. The molecule has 2 rings (SSSR count). The molecule has 3 nitrogen and oxygen atoms in total. The number of hydrogen-bond acceptors (Lipinski definition) is 2. The topological polar surface area (TPSA) is 41.1 Å². The smallest absolute Gasteiger partial charge is 0.358 e. The molecule has 102 valence electrons. The molecule has 0 spiro atoms. The molecule has 0 aliphatic carbocycles. The fourth-order valence-electron chi connectivity index (χ4n) is 1.86. The van der Waals surface area contributed by atoms with E-state index in [-0.39, 0.29) is 5.91 Å². The van der Waals surface area contributed by atoms with Crippen LogP contribution >= 0.6 is 0 Å². The summed E-state index contributed by atoms with van der Waals surface area (Å²) >= 11 is 0. The summed E-state index contributed by atoms with van der Waals surface area (Å²) in [6.45, 7) is 2.13. The summed E-state index contributed by atoms with van der Waals surface area (Å²) in [7, 11) is 0. The molecule has 19 heavy (non-hydrogen) atoms. The Labute approximate surface area is 108 Å². The van der Waals surface area contributed by atoms with E-state index in [1.54, 1.807) is 13.0 Å². The van der Waals surface area contributed by atoms with Gasteiger partial charge in [-0.2, -0.15) is 13.2 Å². The molecule has 1 aromatic rings. The van der Waals surface area contributed by atoms with Crippen LogP contribution in [0.1, 0.15) is 18.9 Å². The van der Waals surface area contributed by atoms with Crippen LogP contribution in [0, 0.1) is 0 Å². The molecule has 0 bridgehead atoms. The predicted octanol–water partition coefficient (Wildman–Crippen LogP) is 2.91. The number of benzene rings is 1. The number of anilines is 1. The minimum atomic E-state index is -4.37. The normalized spacial score (nSPS) is 16.3. The quantitative estimate of drug-likeness (QED) is 0.867. The molecule has 1 aliphatic heterocycles. The number of carbonyl (C=O) groups excluding carboxylic acids is 1. The van der Waals surface area contributed by atoms with E-state index in [1.165, 1.54) is 6.07 Å². The highest BCUT2D eigenvalue weighted by molar-refractivity contribution is 5.95. The van der Waals surface area contributed by atoms with E-state index in [2.05, 4.69) is 10.6 Å². The van der Waals surface area contributed by atoms with Crippen LogP contribution in [-0.2, 0) is 11.0 Å². The minimum absolute atomic E-state index is 0.194. The van der Waals surface area contributed by atoms with Gasteiger partial charge in [0.2, 0.25) is 5.91 Å². The summed E-state index contributed by atoms with van der Waals surface area (Å²) in [6, 6.07) is 4.93. The monoisotopic (exact) mass is 270 g/mol. The van der Waals surface area contributed by atoms with Crippen LogP contribution in [-0.4, -0.2) is 12.5 Å². The molecule has 0 saturated heterocycles. The van der Waals surface area contributed by atoms with Crippen molar-refractivity contribution in [1.29, 1.82) is 0 Å². The number of rotatable bonds is 2. The zero-order valence-corrected chi connectivity index (χ0v) is 10.3. The standard InChI is InChI=1S/C13H13F3N2O/c1-8-11(5-6-17-12(8)19)18-10-4-2-3-9(7-10)13(14,15)16/h2-4,7,18H,5-6H2,1H3,(H,17,19). The Morgan fingerprint density at radius 2 is 2.05 bits per heavy atom. The van der Waals surface area contributed by atoms with Gasteiger partial charge in [-0.05, 0) is 25.1 Å². The first kappa shape index (κ1) is 13.5. The van der Waals surface area contributed by atoms with Gasteiger partial charge in [-0.3, -0.25) is 4.79 Å². The molecule has 0 atom stereocenters. The number of halogens is 3. The molecule has 1 aromatic carbocycles. The van der Waals surface area contributed by atoms with E-state index < -0.39 is 11.7 Å². The molecule has 0 aromatic heterocycles. The first-order chi connectivity index (χ1) is 8.88. The molecule has 0 radical (unpaired) electrons. The van der Waals surface area contributed by atoms with Gasteiger partial charge in [0.05, 0.1) is 5.56 Å². The summed E-state index contributed by atoms with van der Waals surface area (Å²) in [5, 5.41) is 5.56. The Kier molecular flexibility index (Phi) is 3.50. The highest BCUT2D eigenvalue weighted by Gasteiger charge is 2.30. The van der Waals surface area contributed by atoms with Gasteiger partial charge < -0.3 is 10.6 Å². The lowest BCUT2D eigenvalue weighted by Crippen LogP contribution is -2.32. The van der Waals surface area contributed by atoms with Crippen LogP contribution in [0.3, 0.4) is 0 Å². The average Bonchev–Trinajstić information content (AvgIpc) is 2.34. The molecule has 6 heteroatoms. The molecular formula is C13H13F3N2O. The number of carbonyl (C=O) groups is 1. The van der Waals surface area contributed by atoms with Crippen LogP contribution < -0.4 is 10.6 Å². The van der Waals surface area contributed by atoms with E-state index >= 15 is 0 Å². The first-order valence-electron chi connectivity index (χ1n) is 5.80. The summed E-state index contributed by atoms with van der Waals surface area (Å²) in [5.41, 5.74) is 0.779. The van der Waals surface area contributed by atoms with Gasteiger partial charge in [-0.15, -0.1) is 0 Å². The zero-order chi connectivity index (χ0) is 14.0. The Morgan fingerprint density at radius 1 is 1.32 bits per heavy atom. The lowest BCUT2D eigenvalue weighted by Gasteiger charge is -2.20. The zero-order valence-electron chi connectivity index (χ0n) is 10.3. The van der Waals surface area contributed by atoms with Crippen molar-refractivity contribution in [2.45, 2.75) is 19.5 Å². The van der Waals surface area contributed by atoms with Gasteiger partial charge in [-0.1, -0.05) is 6.07 Å². The van der Waals surface area contributed by atoms with Gasteiger partial charge in [-0.25, -0.2) is 0 Å². The van der Waals surface area contributed by atoms with Crippen LogP contribution in [0.5, 0.6) is 0 Å². The first-order valence-corrected chi connectivity index (χ1v) is 5.80. The predicted molar refractivity (Wildman–Crippen MR) is 65.4 cm³/mol. The summed E-state index contributed by atoms with van der Waals surface area (Å²) in [4.78, 5) is 11.4. The molecule has 1 heterocycles. The van der Waals surface area contributed by atoms with E-state index in [0.717, 1.165) is 12.1 Å². The molecule has 0 unspecified atom stereocenters. The van der Waals surface area contributed by atoms with Crippen molar-refractivity contribution in [3.8, 4) is 0 Å². The van der Waals surface area contributed by atoms with Gasteiger partial charge in [0.1, 0.15) is 0 Å². The second-order valence-electron chi connectivity index (χ2n) is 4.31. The van der Waals surface area contributed by atoms with Crippen molar-refractivity contribution in [3.05, 3.63) is 41.1 Å². The van der Waals surface area contributed by atoms with E-state index in [4.69, 9.17) is 0 Å². The maximum absolute atomic E-state index is 12.6. The van der Waals surface area contributed by atoms with Crippen LogP contribution in [0.25, 0.3) is 0 Å². The van der Waals surface area contributed by atoms with Crippen molar-refractivity contribution >= 4 is 11.6 Å². The van der Waals surface area contributed by atoms with Crippen molar-refractivity contribution < 1.29 is 18.0 Å². The van der Waals surface area contributed by atoms with E-state index in [1.807, 2.05) is 0 Å². The third kappa shape index (κ3) is 3.07. The summed E-state index contributed by atoms with van der Waals surface area (Å²) < 4.78 is 37.7. The van der Waals surface area contributed by atoms with Crippen LogP contribution in [0.15, 0.2) is 35.5 Å². The maximum atomic E-state index is 12.6. The number of nitrogens with one attached hydrogen (secondary N) is 2. The minimum Gasteiger partial charge on any atom is -0.358 e. The van der Waals surface area contributed by atoms with Gasteiger partial charge in [0, 0.05) is 29.9 Å². The SMILES string of the molecule is CC1=C(Nc2cccc(C(F)(F)F)c2)CCNC1=O. The number of alkyl halides is 3. The maximum Gasteiger partial charge on any atom is 0.416 e. The molecular weight excluding hydrogens is 257 g/mol. The van der Waals surface area contributed by atoms with Gasteiger partial charge in [0.15, 0.2) is 0 Å². The van der Waals surface area contributed by atoms with Crippen molar-refractivity contribution in [2.75, 3.05) is 11.9 Å². The summed E-state index contributed by atoms with van der Waals surface area (Å²) in [6.07, 6.45) is -3.79. The Morgan fingerprint density at radius 3 is 2.74 bits per heavy atom. The Bertz CT molecular complexity index is 535. The third-order valence-electron chi connectivity index (χ3n) is 2.94. The largest absolute Gasteiger partial charge is 0.416 e. The second-order valence-corrected chi connectivity index (χ2v) is 4.31. The number of hydrogen-bond donors (Lipinski definition) is 2. The van der Waals surface area contributed by atoms with Crippen molar-refractivity contribution in [2.24, 2.45) is 0 Å². The van der Waals surface area contributed by atoms with Gasteiger partial charge in [0.25, 0.3) is 0 Å². The third-order valence-corrected chi connectivity index (χ3v) is 2.94. The Hall–Kier alpha value is -1.98.